The summed E-state index contributed by atoms with van der Waals surface area (Å²) in [5.74, 6) is 0.991. The molecule has 3 nitrogen and oxygen atoms in total. The Morgan fingerprint density at radius 1 is 1.44 bits per heavy atom. The Morgan fingerprint density at radius 2 is 2.11 bits per heavy atom. The summed E-state index contributed by atoms with van der Waals surface area (Å²) in [7, 11) is 3.71. The van der Waals surface area contributed by atoms with E-state index >= 15 is 0 Å². The number of aliphatic imine (C=N–C) groups is 1. The zero-order valence-electron chi connectivity index (χ0n) is 6.36. The Hall–Kier alpha value is -0.570. The summed E-state index contributed by atoms with van der Waals surface area (Å²) in [6.45, 7) is 3.88. The smallest absolute Gasteiger partial charge is 0.0928 e. The minimum atomic E-state index is 0.944. The van der Waals surface area contributed by atoms with E-state index in [1.165, 1.54) is 0 Å². The summed E-state index contributed by atoms with van der Waals surface area (Å²) in [6, 6.07) is 0. The van der Waals surface area contributed by atoms with Crippen LogP contribution < -0.4 is 10.6 Å². The maximum absolute atomic E-state index is 3.94. The average Bonchev–Trinajstić information content (AvgIpc) is 1.89. The molecular weight excluding hydrogens is 114 g/mol. The lowest BCUT2D eigenvalue weighted by molar-refractivity contribution is 0.755. The molecule has 54 valence electrons. The van der Waals surface area contributed by atoms with Gasteiger partial charge in [0.15, 0.2) is 0 Å². The van der Waals surface area contributed by atoms with E-state index in [1.54, 1.807) is 7.05 Å². The third-order valence-electron chi connectivity index (χ3n) is 1.09. The zero-order valence-corrected chi connectivity index (χ0v) is 6.36. The molecule has 0 saturated heterocycles. The second-order valence-corrected chi connectivity index (χ2v) is 1.84. The van der Waals surface area contributed by atoms with Crippen molar-refractivity contribution in [3.8, 4) is 0 Å². The lowest BCUT2D eigenvalue weighted by atomic mass is 10.5. The van der Waals surface area contributed by atoms with Crippen molar-refractivity contribution in [2.45, 2.75) is 6.92 Å². The molecule has 0 fully saturated rings. The van der Waals surface area contributed by atoms with Gasteiger partial charge in [-0.05, 0) is 14.0 Å². The normalized spacial score (nSPS) is 11.7. The third-order valence-corrected chi connectivity index (χ3v) is 1.09. The largest absolute Gasteiger partial charge is 0.373 e. The molecule has 0 amide bonds. The minimum absolute atomic E-state index is 0.944. The average molecular weight is 129 g/mol. The van der Waals surface area contributed by atoms with Crippen molar-refractivity contribution in [3.05, 3.63) is 0 Å². The summed E-state index contributed by atoms with van der Waals surface area (Å²) < 4.78 is 0. The van der Waals surface area contributed by atoms with Crippen molar-refractivity contribution < 1.29 is 0 Å². The van der Waals surface area contributed by atoms with Gasteiger partial charge in [0.1, 0.15) is 0 Å². The topological polar surface area (TPSA) is 36.4 Å². The van der Waals surface area contributed by atoms with Crippen LogP contribution in [0, 0.1) is 0 Å². The highest BCUT2D eigenvalue weighted by atomic mass is 15.0. The Balaban J connectivity index is 3.07. The lowest BCUT2D eigenvalue weighted by Gasteiger charge is -2.02. The van der Waals surface area contributed by atoms with Crippen LogP contribution in [0.1, 0.15) is 6.92 Å². The zero-order chi connectivity index (χ0) is 7.11. The fourth-order valence-electron chi connectivity index (χ4n) is 0.447. The van der Waals surface area contributed by atoms with Gasteiger partial charge in [-0.25, -0.2) is 0 Å². The van der Waals surface area contributed by atoms with E-state index in [4.69, 9.17) is 0 Å². The molecule has 0 unspecified atom stereocenters. The standard InChI is InChI=1S/C6H15N3/c1-6(8-3)9-5-4-7-2/h7H,4-5H2,1-3H3,(H,8,9). The Bertz CT molecular complexity index is 88.3. The van der Waals surface area contributed by atoms with Gasteiger partial charge in [-0.1, -0.05) is 0 Å². The molecule has 0 saturated carbocycles. The molecule has 0 bridgehead atoms. The van der Waals surface area contributed by atoms with Crippen LogP contribution in [0.4, 0.5) is 0 Å². The van der Waals surface area contributed by atoms with Gasteiger partial charge in [0.05, 0.1) is 5.84 Å². The lowest BCUT2D eigenvalue weighted by Crippen LogP contribution is -2.28. The fourth-order valence-corrected chi connectivity index (χ4v) is 0.447. The maximum atomic E-state index is 3.94. The van der Waals surface area contributed by atoms with Crippen LogP contribution in [0.3, 0.4) is 0 Å². The van der Waals surface area contributed by atoms with Crippen molar-refractivity contribution in [2.75, 3.05) is 27.2 Å². The highest BCUT2D eigenvalue weighted by Gasteiger charge is 1.83. The van der Waals surface area contributed by atoms with Crippen LogP contribution in [-0.2, 0) is 0 Å². The van der Waals surface area contributed by atoms with Crippen LogP contribution in [-0.4, -0.2) is 33.0 Å². The maximum Gasteiger partial charge on any atom is 0.0928 e. The Morgan fingerprint density at radius 3 is 2.56 bits per heavy atom. The number of amidine groups is 1. The molecule has 0 aromatic rings. The number of likely N-dealkylation sites (N-methyl/N-ethyl adjacent to an activating group) is 1. The van der Waals surface area contributed by atoms with Gasteiger partial charge in [-0.15, -0.1) is 0 Å². The first-order chi connectivity index (χ1) is 4.31. The molecule has 0 radical (unpaired) electrons. The second-order valence-electron chi connectivity index (χ2n) is 1.84. The molecule has 0 spiro atoms. The second kappa shape index (κ2) is 5.56. The first-order valence-corrected chi connectivity index (χ1v) is 3.13. The quantitative estimate of drug-likeness (QED) is 0.316. The molecule has 9 heavy (non-hydrogen) atoms. The monoisotopic (exact) mass is 129 g/mol. The predicted molar refractivity (Wildman–Crippen MR) is 41.0 cm³/mol. The predicted octanol–water partition coefficient (Wildman–Crippen LogP) is -0.156. The van der Waals surface area contributed by atoms with E-state index < -0.39 is 0 Å². The van der Waals surface area contributed by atoms with Crippen molar-refractivity contribution in [2.24, 2.45) is 4.99 Å². The van der Waals surface area contributed by atoms with Crippen LogP contribution in [0.25, 0.3) is 0 Å². The Labute approximate surface area is 56.6 Å². The first kappa shape index (κ1) is 8.43. The van der Waals surface area contributed by atoms with Crippen molar-refractivity contribution >= 4 is 5.84 Å². The number of hydrogen-bond acceptors (Lipinski definition) is 2. The summed E-state index contributed by atoms with van der Waals surface area (Å²) >= 11 is 0. The number of hydrogen-bond donors (Lipinski definition) is 2. The minimum Gasteiger partial charge on any atom is -0.373 e. The van der Waals surface area contributed by atoms with E-state index in [0.29, 0.717) is 0 Å². The van der Waals surface area contributed by atoms with Gasteiger partial charge in [0.2, 0.25) is 0 Å². The molecule has 0 aliphatic rings. The van der Waals surface area contributed by atoms with Gasteiger partial charge < -0.3 is 10.6 Å². The molecule has 0 aliphatic heterocycles. The van der Waals surface area contributed by atoms with Gasteiger partial charge in [0, 0.05) is 20.1 Å². The SMILES string of the molecule is CN=C(C)NCCNC. The van der Waals surface area contributed by atoms with Crippen LogP contribution in [0.5, 0.6) is 0 Å². The van der Waals surface area contributed by atoms with Gasteiger partial charge in [0.25, 0.3) is 0 Å². The van der Waals surface area contributed by atoms with Gasteiger partial charge in [-0.2, -0.15) is 0 Å². The van der Waals surface area contributed by atoms with E-state index in [2.05, 4.69) is 15.6 Å². The molecule has 3 heteroatoms. The van der Waals surface area contributed by atoms with Crippen LogP contribution >= 0.6 is 0 Å². The van der Waals surface area contributed by atoms with Crippen LogP contribution in [0.2, 0.25) is 0 Å². The van der Waals surface area contributed by atoms with Crippen molar-refractivity contribution in [1.82, 2.24) is 10.6 Å². The highest BCUT2D eigenvalue weighted by Crippen LogP contribution is 1.65. The van der Waals surface area contributed by atoms with Crippen molar-refractivity contribution in [3.63, 3.8) is 0 Å². The van der Waals surface area contributed by atoms with E-state index in [-0.39, 0.29) is 0 Å². The molecular formula is C6H15N3. The number of rotatable bonds is 3. The highest BCUT2D eigenvalue weighted by molar-refractivity contribution is 5.79. The summed E-state index contributed by atoms with van der Waals surface area (Å²) in [5.41, 5.74) is 0. The Kier molecular flexibility index (Phi) is 5.21. The van der Waals surface area contributed by atoms with Gasteiger partial charge >= 0.3 is 0 Å². The molecule has 0 aromatic carbocycles. The van der Waals surface area contributed by atoms with Crippen molar-refractivity contribution in [1.29, 1.82) is 0 Å². The van der Waals surface area contributed by atoms with E-state index in [1.807, 2.05) is 14.0 Å². The molecule has 0 aromatic heterocycles. The number of nitrogens with one attached hydrogen (secondary N) is 2. The molecule has 2 N–H and O–H groups in total. The number of nitrogens with zero attached hydrogens (tertiary/aromatic N) is 1. The van der Waals surface area contributed by atoms with E-state index in [0.717, 1.165) is 18.9 Å². The summed E-state index contributed by atoms with van der Waals surface area (Å²) in [5, 5.41) is 6.15. The summed E-state index contributed by atoms with van der Waals surface area (Å²) in [6.07, 6.45) is 0. The fraction of sp³-hybridized carbons (Fsp3) is 0.833. The molecule has 0 atom stereocenters. The first-order valence-electron chi connectivity index (χ1n) is 3.13. The van der Waals surface area contributed by atoms with E-state index in [9.17, 15) is 0 Å². The van der Waals surface area contributed by atoms with Crippen LogP contribution in [0.15, 0.2) is 4.99 Å². The summed E-state index contributed by atoms with van der Waals surface area (Å²) in [4.78, 5) is 3.94. The molecule has 0 rings (SSSR count). The van der Waals surface area contributed by atoms with Gasteiger partial charge in [-0.3, -0.25) is 4.99 Å². The third kappa shape index (κ3) is 5.30. The molecule has 0 aliphatic carbocycles. The molecule has 0 heterocycles.